The van der Waals surface area contributed by atoms with Crippen molar-refractivity contribution in [3.05, 3.63) is 60.2 Å². The quantitative estimate of drug-likeness (QED) is 0.680. The van der Waals surface area contributed by atoms with Crippen LogP contribution in [-0.4, -0.2) is 27.9 Å². The number of ether oxygens (including phenoxy) is 1. The van der Waals surface area contributed by atoms with Crippen molar-refractivity contribution in [2.45, 2.75) is 11.8 Å². The van der Waals surface area contributed by atoms with Crippen LogP contribution in [0, 0.1) is 0 Å². The Morgan fingerprint density at radius 2 is 1.73 bits per heavy atom. The van der Waals surface area contributed by atoms with E-state index in [1.165, 1.54) is 12.1 Å². The first kappa shape index (κ1) is 16.0. The van der Waals surface area contributed by atoms with Crippen LogP contribution in [-0.2, 0) is 10.0 Å². The van der Waals surface area contributed by atoms with E-state index < -0.39 is 10.0 Å². The van der Waals surface area contributed by atoms with Gasteiger partial charge in [0.1, 0.15) is 11.6 Å². The van der Waals surface area contributed by atoms with Gasteiger partial charge in [-0.25, -0.2) is 8.42 Å². The molecule has 0 saturated heterocycles. The van der Waals surface area contributed by atoms with Crippen molar-refractivity contribution in [2.75, 3.05) is 13.7 Å². The highest BCUT2D eigenvalue weighted by molar-refractivity contribution is 7.90. The zero-order valence-electron chi connectivity index (χ0n) is 12.5. The zero-order chi connectivity index (χ0) is 16.0. The molecule has 0 amide bonds. The first-order chi connectivity index (χ1) is 10.6. The first-order valence-electron chi connectivity index (χ1n) is 6.84. The Morgan fingerprint density at radius 1 is 1.09 bits per heavy atom. The lowest BCUT2D eigenvalue weighted by Gasteiger charge is -2.11. The average molecular weight is 318 g/mol. The van der Waals surface area contributed by atoms with Gasteiger partial charge in [0.05, 0.1) is 11.5 Å². The molecular formula is C16H18N2O3S. The van der Waals surface area contributed by atoms with Crippen LogP contribution in [0.1, 0.15) is 12.5 Å². The van der Waals surface area contributed by atoms with Crippen LogP contribution in [0.3, 0.4) is 0 Å². The van der Waals surface area contributed by atoms with E-state index in [0.717, 1.165) is 0 Å². The van der Waals surface area contributed by atoms with Gasteiger partial charge in [0, 0.05) is 12.6 Å². The number of amidine groups is 1. The Balaban J connectivity index is 2.23. The normalized spacial score (nSPS) is 12.0. The van der Waals surface area contributed by atoms with E-state index in [0.29, 0.717) is 23.8 Å². The molecule has 0 aromatic heterocycles. The van der Waals surface area contributed by atoms with Crippen LogP contribution in [0.15, 0.2) is 64.5 Å². The Morgan fingerprint density at radius 3 is 2.27 bits per heavy atom. The van der Waals surface area contributed by atoms with Crippen LogP contribution in [0.5, 0.6) is 5.75 Å². The summed E-state index contributed by atoms with van der Waals surface area (Å²) in [6.45, 7) is 2.40. The number of benzene rings is 2. The lowest BCUT2D eigenvalue weighted by molar-refractivity contribution is 0.340. The maximum absolute atomic E-state index is 12.4. The minimum atomic E-state index is -3.69. The molecule has 2 aromatic carbocycles. The van der Waals surface area contributed by atoms with Gasteiger partial charge < -0.3 is 4.74 Å². The summed E-state index contributed by atoms with van der Waals surface area (Å²) in [5.41, 5.74) is 0.708. The van der Waals surface area contributed by atoms with Crippen LogP contribution in [0.25, 0.3) is 0 Å². The SMILES string of the molecule is CCOc1ccc(S(=O)(=O)NC(=NC)c2ccccc2)cc1. The van der Waals surface area contributed by atoms with Gasteiger partial charge in [-0.05, 0) is 31.2 Å². The van der Waals surface area contributed by atoms with Crippen molar-refractivity contribution in [2.24, 2.45) is 4.99 Å². The standard InChI is InChI=1S/C16H18N2O3S/c1-3-21-14-9-11-15(12-10-14)22(19,20)18-16(17-2)13-7-5-4-6-8-13/h4-12H,3H2,1-2H3,(H,17,18). The predicted octanol–water partition coefficient (Wildman–Crippen LogP) is 2.44. The molecule has 6 heteroatoms. The van der Waals surface area contributed by atoms with Gasteiger partial charge >= 0.3 is 0 Å². The molecule has 0 saturated carbocycles. The van der Waals surface area contributed by atoms with Gasteiger partial charge in [0.2, 0.25) is 0 Å². The van der Waals surface area contributed by atoms with Gasteiger partial charge in [-0.2, -0.15) is 0 Å². The molecule has 116 valence electrons. The van der Waals surface area contributed by atoms with E-state index in [1.807, 2.05) is 25.1 Å². The lowest BCUT2D eigenvalue weighted by atomic mass is 10.2. The van der Waals surface area contributed by atoms with Gasteiger partial charge in [0.15, 0.2) is 0 Å². The number of hydrogen-bond acceptors (Lipinski definition) is 4. The third kappa shape index (κ3) is 3.85. The third-order valence-corrected chi connectivity index (χ3v) is 4.30. The molecule has 0 unspecified atom stereocenters. The molecule has 0 aliphatic carbocycles. The molecule has 1 N–H and O–H groups in total. The number of nitrogens with zero attached hydrogens (tertiary/aromatic N) is 1. The molecule has 2 aromatic rings. The first-order valence-corrected chi connectivity index (χ1v) is 8.33. The molecule has 0 radical (unpaired) electrons. The van der Waals surface area contributed by atoms with Crippen molar-refractivity contribution >= 4 is 15.9 Å². The molecule has 0 spiro atoms. The fourth-order valence-electron chi connectivity index (χ4n) is 1.90. The van der Waals surface area contributed by atoms with Crippen LogP contribution in [0.4, 0.5) is 0 Å². The highest BCUT2D eigenvalue weighted by Crippen LogP contribution is 2.16. The molecule has 22 heavy (non-hydrogen) atoms. The molecule has 0 bridgehead atoms. The predicted molar refractivity (Wildman–Crippen MR) is 86.8 cm³/mol. The van der Waals surface area contributed by atoms with Crippen molar-refractivity contribution in [1.29, 1.82) is 0 Å². The minimum Gasteiger partial charge on any atom is -0.494 e. The van der Waals surface area contributed by atoms with Crippen molar-refractivity contribution in [3.8, 4) is 5.75 Å². The van der Waals surface area contributed by atoms with E-state index >= 15 is 0 Å². The highest BCUT2D eigenvalue weighted by atomic mass is 32.2. The minimum absolute atomic E-state index is 0.160. The molecule has 0 fully saturated rings. The summed E-state index contributed by atoms with van der Waals surface area (Å²) in [4.78, 5) is 4.18. The summed E-state index contributed by atoms with van der Waals surface area (Å²) in [5.74, 6) is 0.934. The summed E-state index contributed by atoms with van der Waals surface area (Å²) in [5, 5.41) is 0. The lowest BCUT2D eigenvalue weighted by Crippen LogP contribution is -2.31. The molecule has 0 aliphatic rings. The maximum atomic E-state index is 12.4. The zero-order valence-corrected chi connectivity index (χ0v) is 13.3. The Hall–Kier alpha value is -2.34. The summed E-state index contributed by atoms with van der Waals surface area (Å²) in [6.07, 6.45) is 0. The average Bonchev–Trinajstić information content (AvgIpc) is 2.54. The van der Waals surface area contributed by atoms with Crippen molar-refractivity contribution in [3.63, 3.8) is 0 Å². The van der Waals surface area contributed by atoms with Crippen LogP contribution >= 0.6 is 0 Å². The van der Waals surface area contributed by atoms with Crippen molar-refractivity contribution in [1.82, 2.24) is 4.72 Å². The highest BCUT2D eigenvalue weighted by Gasteiger charge is 2.17. The second-order valence-electron chi connectivity index (χ2n) is 4.45. The summed E-state index contributed by atoms with van der Waals surface area (Å²) >= 11 is 0. The van der Waals surface area contributed by atoms with Crippen LogP contribution < -0.4 is 9.46 Å². The van der Waals surface area contributed by atoms with E-state index in [1.54, 1.807) is 31.3 Å². The second-order valence-corrected chi connectivity index (χ2v) is 6.13. The molecule has 0 heterocycles. The van der Waals surface area contributed by atoms with E-state index in [-0.39, 0.29) is 4.90 Å². The molecule has 5 nitrogen and oxygen atoms in total. The maximum Gasteiger partial charge on any atom is 0.263 e. The van der Waals surface area contributed by atoms with Crippen LogP contribution in [0.2, 0.25) is 0 Å². The second kappa shape index (κ2) is 7.09. The monoisotopic (exact) mass is 318 g/mol. The van der Waals surface area contributed by atoms with E-state index in [4.69, 9.17) is 4.74 Å². The number of rotatable bonds is 5. The van der Waals surface area contributed by atoms with Gasteiger partial charge in [-0.1, -0.05) is 30.3 Å². The topological polar surface area (TPSA) is 67.8 Å². The molecule has 2 rings (SSSR count). The Labute approximate surface area is 130 Å². The Kier molecular flexibility index (Phi) is 5.16. The fraction of sp³-hybridized carbons (Fsp3) is 0.188. The molecule has 0 atom stereocenters. The largest absolute Gasteiger partial charge is 0.494 e. The summed E-state index contributed by atoms with van der Waals surface area (Å²) < 4.78 is 32.6. The van der Waals surface area contributed by atoms with E-state index in [2.05, 4.69) is 9.71 Å². The number of sulfonamides is 1. The molecular weight excluding hydrogens is 300 g/mol. The number of aliphatic imine (C=N–C) groups is 1. The summed E-state index contributed by atoms with van der Waals surface area (Å²) in [7, 11) is -2.14. The summed E-state index contributed by atoms with van der Waals surface area (Å²) in [6, 6.07) is 15.4. The van der Waals surface area contributed by atoms with Gasteiger partial charge in [-0.15, -0.1) is 0 Å². The van der Waals surface area contributed by atoms with Crippen molar-refractivity contribution < 1.29 is 13.2 Å². The van der Waals surface area contributed by atoms with E-state index in [9.17, 15) is 8.42 Å². The Bertz CT molecular complexity index is 739. The molecule has 0 aliphatic heterocycles. The smallest absolute Gasteiger partial charge is 0.263 e. The third-order valence-electron chi connectivity index (χ3n) is 2.95. The number of hydrogen-bond donors (Lipinski definition) is 1. The number of nitrogens with one attached hydrogen (secondary N) is 1. The van der Waals surface area contributed by atoms with Gasteiger partial charge in [0.25, 0.3) is 10.0 Å². The van der Waals surface area contributed by atoms with Gasteiger partial charge in [-0.3, -0.25) is 9.71 Å². The fourth-order valence-corrected chi connectivity index (χ4v) is 2.97.